The fourth-order valence-corrected chi connectivity index (χ4v) is 3.99. The Morgan fingerprint density at radius 3 is 1.60 bits per heavy atom. The molecule has 0 aromatic heterocycles. The number of hydrogen-bond donors (Lipinski definition) is 0. The monoisotopic (exact) mass is 353 g/mol. The van der Waals surface area contributed by atoms with E-state index in [2.05, 4.69) is 63.2 Å². The Morgan fingerprint density at radius 2 is 1.20 bits per heavy atom. The largest absolute Gasteiger partial charge is 0.301 e. The first-order valence-corrected chi connectivity index (χ1v) is 11.1. The third-order valence-electron chi connectivity index (χ3n) is 6.21. The average molecular weight is 354 g/mol. The van der Waals surface area contributed by atoms with Crippen molar-refractivity contribution >= 4 is 0 Å². The SMILES string of the molecule is CC(C)C1CCN(C(C)C)CC1.CCCCN1CCN(C(C)C)CC1. The van der Waals surface area contributed by atoms with Gasteiger partial charge in [-0.15, -0.1) is 0 Å². The zero-order valence-electron chi connectivity index (χ0n) is 18.4. The second kappa shape index (κ2) is 12.3. The standard InChI is InChI=1S/C11H24N2.C11H23N/c1-4-5-6-12-7-9-13(10-8-12)11(2)3;1-9(2)11-5-7-12(8-6-11)10(3)4/h11H,4-10H2,1-3H3;9-11H,5-8H2,1-4H3. The van der Waals surface area contributed by atoms with Gasteiger partial charge in [-0.3, -0.25) is 4.90 Å². The highest BCUT2D eigenvalue weighted by Crippen LogP contribution is 2.25. The minimum Gasteiger partial charge on any atom is -0.301 e. The molecule has 2 rings (SSSR count). The summed E-state index contributed by atoms with van der Waals surface area (Å²) in [4.78, 5) is 7.77. The molecule has 150 valence electrons. The molecule has 0 amide bonds. The van der Waals surface area contributed by atoms with E-state index in [1.54, 1.807) is 0 Å². The molecule has 3 heteroatoms. The number of rotatable bonds is 6. The molecule has 0 N–H and O–H groups in total. The zero-order chi connectivity index (χ0) is 18.8. The molecule has 0 saturated carbocycles. The molecule has 0 radical (unpaired) electrons. The second-order valence-electron chi connectivity index (χ2n) is 9.04. The minimum atomic E-state index is 0.730. The van der Waals surface area contributed by atoms with Crippen molar-refractivity contribution in [3.63, 3.8) is 0 Å². The molecular weight excluding hydrogens is 306 g/mol. The Balaban J connectivity index is 0.000000251. The van der Waals surface area contributed by atoms with Crippen molar-refractivity contribution < 1.29 is 0 Å². The summed E-state index contributed by atoms with van der Waals surface area (Å²) in [5.41, 5.74) is 0. The van der Waals surface area contributed by atoms with Gasteiger partial charge in [0, 0.05) is 38.3 Å². The van der Waals surface area contributed by atoms with Gasteiger partial charge in [0.25, 0.3) is 0 Å². The lowest BCUT2D eigenvalue weighted by Gasteiger charge is -2.36. The highest BCUT2D eigenvalue weighted by atomic mass is 15.3. The lowest BCUT2D eigenvalue weighted by atomic mass is 9.86. The normalized spacial score (nSPS) is 21.8. The van der Waals surface area contributed by atoms with Crippen LogP contribution in [0.5, 0.6) is 0 Å². The topological polar surface area (TPSA) is 9.72 Å². The van der Waals surface area contributed by atoms with Crippen molar-refractivity contribution in [3.8, 4) is 0 Å². The van der Waals surface area contributed by atoms with Gasteiger partial charge >= 0.3 is 0 Å². The van der Waals surface area contributed by atoms with Crippen LogP contribution in [0, 0.1) is 11.8 Å². The summed E-state index contributed by atoms with van der Waals surface area (Å²) in [7, 11) is 0. The first-order valence-electron chi connectivity index (χ1n) is 11.1. The molecule has 2 saturated heterocycles. The van der Waals surface area contributed by atoms with Crippen LogP contribution >= 0.6 is 0 Å². The fourth-order valence-electron chi connectivity index (χ4n) is 3.99. The molecule has 0 atom stereocenters. The third-order valence-corrected chi connectivity index (χ3v) is 6.21. The van der Waals surface area contributed by atoms with E-state index in [-0.39, 0.29) is 0 Å². The molecule has 2 aliphatic heterocycles. The number of nitrogens with zero attached hydrogens (tertiary/aromatic N) is 3. The van der Waals surface area contributed by atoms with E-state index < -0.39 is 0 Å². The van der Waals surface area contributed by atoms with E-state index in [1.165, 1.54) is 71.5 Å². The average Bonchev–Trinajstić information content (AvgIpc) is 2.60. The van der Waals surface area contributed by atoms with Crippen LogP contribution in [0.25, 0.3) is 0 Å². The minimum absolute atomic E-state index is 0.730. The van der Waals surface area contributed by atoms with Crippen LogP contribution in [-0.4, -0.2) is 72.6 Å². The predicted molar refractivity (Wildman–Crippen MR) is 112 cm³/mol. The van der Waals surface area contributed by atoms with Gasteiger partial charge in [-0.2, -0.15) is 0 Å². The van der Waals surface area contributed by atoms with Gasteiger partial charge in [0.1, 0.15) is 0 Å². The van der Waals surface area contributed by atoms with Crippen LogP contribution in [0.1, 0.15) is 74.1 Å². The molecule has 0 aromatic rings. The van der Waals surface area contributed by atoms with E-state index in [4.69, 9.17) is 0 Å². The summed E-state index contributed by atoms with van der Waals surface area (Å²) in [5, 5.41) is 0. The Kier molecular flexibility index (Phi) is 11.3. The highest BCUT2D eigenvalue weighted by Gasteiger charge is 2.22. The van der Waals surface area contributed by atoms with E-state index in [1.807, 2.05) is 0 Å². The third kappa shape index (κ3) is 8.88. The Morgan fingerprint density at radius 1 is 0.720 bits per heavy atom. The van der Waals surface area contributed by atoms with E-state index in [9.17, 15) is 0 Å². The Bertz CT molecular complexity index is 295. The quantitative estimate of drug-likeness (QED) is 0.692. The molecule has 0 spiro atoms. The van der Waals surface area contributed by atoms with Gasteiger partial charge in [-0.05, 0) is 78.4 Å². The summed E-state index contributed by atoms with van der Waals surface area (Å²) < 4.78 is 0. The van der Waals surface area contributed by atoms with Crippen molar-refractivity contribution in [1.82, 2.24) is 14.7 Å². The molecule has 2 aliphatic rings. The summed E-state index contributed by atoms with van der Waals surface area (Å²) in [6.45, 7) is 25.2. The molecule has 0 aliphatic carbocycles. The highest BCUT2D eigenvalue weighted by molar-refractivity contribution is 4.76. The summed E-state index contributed by atoms with van der Waals surface area (Å²) in [6, 6.07) is 1.48. The van der Waals surface area contributed by atoms with Gasteiger partial charge in [0.2, 0.25) is 0 Å². The molecule has 0 aromatic carbocycles. The fraction of sp³-hybridized carbons (Fsp3) is 1.00. The summed E-state index contributed by atoms with van der Waals surface area (Å²) >= 11 is 0. The molecule has 0 bridgehead atoms. The van der Waals surface area contributed by atoms with Crippen LogP contribution in [0.15, 0.2) is 0 Å². The molecule has 2 fully saturated rings. The lowest BCUT2D eigenvalue weighted by Crippen LogP contribution is -2.48. The van der Waals surface area contributed by atoms with Crippen molar-refractivity contribution in [2.45, 2.75) is 86.2 Å². The van der Waals surface area contributed by atoms with Crippen LogP contribution in [-0.2, 0) is 0 Å². The smallest absolute Gasteiger partial charge is 0.0113 e. The molecule has 2 heterocycles. The Labute approximate surface area is 159 Å². The molecular formula is C22H47N3. The number of likely N-dealkylation sites (tertiary alicyclic amines) is 1. The maximum Gasteiger partial charge on any atom is 0.0113 e. The second-order valence-corrected chi connectivity index (χ2v) is 9.04. The van der Waals surface area contributed by atoms with Gasteiger partial charge < -0.3 is 9.80 Å². The van der Waals surface area contributed by atoms with E-state index in [0.717, 1.165) is 23.9 Å². The van der Waals surface area contributed by atoms with Crippen molar-refractivity contribution in [2.75, 3.05) is 45.8 Å². The summed E-state index contributed by atoms with van der Waals surface area (Å²) in [6.07, 6.45) is 5.51. The molecule has 0 unspecified atom stereocenters. The molecule has 25 heavy (non-hydrogen) atoms. The van der Waals surface area contributed by atoms with Crippen LogP contribution in [0.3, 0.4) is 0 Å². The van der Waals surface area contributed by atoms with Gasteiger partial charge in [0.15, 0.2) is 0 Å². The maximum atomic E-state index is 2.60. The van der Waals surface area contributed by atoms with Crippen molar-refractivity contribution in [3.05, 3.63) is 0 Å². The lowest BCUT2D eigenvalue weighted by molar-refractivity contribution is 0.108. The number of hydrogen-bond acceptors (Lipinski definition) is 3. The number of piperazine rings is 1. The van der Waals surface area contributed by atoms with Gasteiger partial charge in [-0.25, -0.2) is 0 Å². The molecule has 3 nitrogen and oxygen atoms in total. The van der Waals surface area contributed by atoms with Gasteiger partial charge in [0.05, 0.1) is 0 Å². The van der Waals surface area contributed by atoms with Crippen molar-refractivity contribution in [1.29, 1.82) is 0 Å². The summed E-state index contributed by atoms with van der Waals surface area (Å²) in [5.74, 6) is 1.87. The predicted octanol–water partition coefficient (Wildman–Crippen LogP) is 4.58. The Hall–Kier alpha value is -0.120. The maximum absolute atomic E-state index is 2.60. The van der Waals surface area contributed by atoms with Crippen LogP contribution in [0.4, 0.5) is 0 Å². The van der Waals surface area contributed by atoms with Crippen molar-refractivity contribution in [2.24, 2.45) is 11.8 Å². The van der Waals surface area contributed by atoms with Gasteiger partial charge in [-0.1, -0.05) is 27.2 Å². The van der Waals surface area contributed by atoms with Crippen LogP contribution in [0.2, 0.25) is 0 Å². The van der Waals surface area contributed by atoms with E-state index in [0.29, 0.717) is 0 Å². The first kappa shape index (κ1) is 22.9. The first-order chi connectivity index (χ1) is 11.8. The van der Waals surface area contributed by atoms with E-state index >= 15 is 0 Å². The van der Waals surface area contributed by atoms with Crippen LogP contribution < -0.4 is 0 Å². The number of unbranched alkanes of at least 4 members (excludes halogenated alkanes) is 1. The number of piperidine rings is 1. The zero-order valence-corrected chi connectivity index (χ0v) is 18.4.